The van der Waals surface area contributed by atoms with Crippen LogP contribution in [0.2, 0.25) is 0 Å². The maximum atomic E-state index is 10.2. The van der Waals surface area contributed by atoms with Crippen LogP contribution < -0.4 is 5.73 Å². The van der Waals surface area contributed by atoms with E-state index in [0.29, 0.717) is 5.75 Å². The topological polar surface area (TPSA) is 49.5 Å². The Morgan fingerprint density at radius 2 is 1.90 bits per heavy atom. The lowest BCUT2D eigenvalue weighted by Crippen LogP contribution is -2.28. The van der Waals surface area contributed by atoms with Crippen LogP contribution in [0.15, 0.2) is 48.5 Å². The van der Waals surface area contributed by atoms with E-state index in [2.05, 4.69) is 29.2 Å². The monoisotopic (exact) mass is 282 g/mol. The van der Waals surface area contributed by atoms with Crippen molar-refractivity contribution in [3.8, 4) is 5.75 Å². The van der Waals surface area contributed by atoms with Gasteiger partial charge in [-0.15, -0.1) is 0 Å². The molecule has 0 saturated carbocycles. The molecule has 0 spiro atoms. The van der Waals surface area contributed by atoms with Gasteiger partial charge in [0.2, 0.25) is 0 Å². The van der Waals surface area contributed by atoms with Crippen LogP contribution in [0.4, 0.5) is 0 Å². The number of hydrogen-bond acceptors (Lipinski definition) is 3. The van der Waals surface area contributed by atoms with Gasteiger partial charge in [-0.25, -0.2) is 0 Å². The number of phenols is 1. The summed E-state index contributed by atoms with van der Waals surface area (Å²) in [6, 6.07) is 16.4. The van der Waals surface area contributed by atoms with E-state index in [1.165, 1.54) is 5.56 Å². The number of phenolic OH excluding ortho intramolecular Hbond substituents is 1. The van der Waals surface area contributed by atoms with E-state index in [9.17, 15) is 5.11 Å². The third kappa shape index (κ3) is 3.09. The second-order valence-corrected chi connectivity index (χ2v) is 6.01. The standard InChI is InChI=1S/C18H22N2O/c1-13-7-8-15(18(21)9-13)16-11-20(12-17(16)19)10-14-5-3-2-4-6-14/h2-9,16-17,21H,10-12,19H2,1H3. The predicted octanol–water partition coefficient (Wildman–Crippen LogP) is 2.63. The molecule has 2 atom stereocenters. The third-order valence-electron chi connectivity index (χ3n) is 4.28. The summed E-state index contributed by atoms with van der Waals surface area (Å²) in [5.74, 6) is 0.575. The number of rotatable bonds is 3. The Morgan fingerprint density at radius 3 is 2.62 bits per heavy atom. The molecule has 3 nitrogen and oxygen atoms in total. The minimum atomic E-state index is 0.0716. The number of hydrogen-bond donors (Lipinski definition) is 2. The lowest BCUT2D eigenvalue weighted by molar-refractivity contribution is 0.323. The van der Waals surface area contributed by atoms with Gasteiger partial charge in [-0.1, -0.05) is 42.5 Å². The summed E-state index contributed by atoms with van der Waals surface area (Å²) in [4.78, 5) is 2.37. The Kier molecular flexibility index (Phi) is 3.95. The molecule has 1 saturated heterocycles. The van der Waals surface area contributed by atoms with Crippen molar-refractivity contribution < 1.29 is 5.11 Å². The number of likely N-dealkylation sites (tertiary alicyclic amines) is 1. The van der Waals surface area contributed by atoms with Crippen molar-refractivity contribution in [1.29, 1.82) is 0 Å². The van der Waals surface area contributed by atoms with Crippen LogP contribution in [0.25, 0.3) is 0 Å². The molecule has 3 rings (SSSR count). The van der Waals surface area contributed by atoms with Crippen LogP contribution in [0.1, 0.15) is 22.6 Å². The zero-order valence-corrected chi connectivity index (χ0v) is 12.4. The zero-order valence-electron chi connectivity index (χ0n) is 12.4. The van der Waals surface area contributed by atoms with E-state index < -0.39 is 0 Å². The second-order valence-electron chi connectivity index (χ2n) is 6.01. The Balaban J connectivity index is 1.74. The minimum absolute atomic E-state index is 0.0716. The molecule has 1 fully saturated rings. The highest BCUT2D eigenvalue weighted by atomic mass is 16.3. The Hall–Kier alpha value is -1.84. The molecule has 0 bridgehead atoms. The number of nitrogens with two attached hydrogens (primary N) is 1. The van der Waals surface area contributed by atoms with Crippen molar-refractivity contribution in [3.63, 3.8) is 0 Å². The largest absolute Gasteiger partial charge is 0.508 e. The van der Waals surface area contributed by atoms with Gasteiger partial charge in [-0.05, 0) is 29.7 Å². The van der Waals surface area contributed by atoms with Crippen LogP contribution >= 0.6 is 0 Å². The minimum Gasteiger partial charge on any atom is -0.508 e. The van der Waals surface area contributed by atoms with E-state index in [0.717, 1.165) is 30.8 Å². The SMILES string of the molecule is Cc1ccc(C2CN(Cc3ccccc3)CC2N)c(O)c1. The van der Waals surface area contributed by atoms with Crippen LogP contribution in [-0.2, 0) is 6.54 Å². The van der Waals surface area contributed by atoms with Crippen LogP contribution in [-0.4, -0.2) is 29.1 Å². The van der Waals surface area contributed by atoms with Gasteiger partial charge in [0.15, 0.2) is 0 Å². The van der Waals surface area contributed by atoms with Gasteiger partial charge < -0.3 is 10.8 Å². The Morgan fingerprint density at radius 1 is 1.14 bits per heavy atom. The first kappa shape index (κ1) is 14.1. The predicted molar refractivity (Wildman–Crippen MR) is 85.3 cm³/mol. The molecule has 2 aromatic carbocycles. The van der Waals surface area contributed by atoms with Gasteiger partial charge in [0, 0.05) is 31.6 Å². The molecule has 3 N–H and O–H groups in total. The van der Waals surface area contributed by atoms with E-state index in [-0.39, 0.29) is 12.0 Å². The number of aromatic hydroxyl groups is 1. The first-order valence-electron chi connectivity index (χ1n) is 7.45. The third-order valence-corrected chi connectivity index (χ3v) is 4.28. The van der Waals surface area contributed by atoms with Crippen molar-refractivity contribution in [2.75, 3.05) is 13.1 Å². The van der Waals surface area contributed by atoms with Gasteiger partial charge in [-0.3, -0.25) is 4.90 Å². The molecule has 2 aromatic rings. The van der Waals surface area contributed by atoms with Crippen molar-refractivity contribution in [2.45, 2.75) is 25.4 Å². The molecular formula is C18H22N2O. The molecule has 1 aliphatic heterocycles. The molecule has 0 aliphatic carbocycles. The van der Waals surface area contributed by atoms with Crippen molar-refractivity contribution >= 4 is 0 Å². The zero-order chi connectivity index (χ0) is 14.8. The van der Waals surface area contributed by atoms with Crippen molar-refractivity contribution in [1.82, 2.24) is 4.90 Å². The Bertz CT molecular complexity index is 612. The molecule has 21 heavy (non-hydrogen) atoms. The van der Waals surface area contributed by atoms with E-state index in [1.54, 1.807) is 0 Å². The van der Waals surface area contributed by atoms with Crippen molar-refractivity contribution in [3.05, 3.63) is 65.2 Å². The molecule has 1 aliphatic rings. The molecular weight excluding hydrogens is 260 g/mol. The fourth-order valence-corrected chi connectivity index (χ4v) is 3.18. The summed E-state index contributed by atoms with van der Waals surface area (Å²) >= 11 is 0. The van der Waals surface area contributed by atoms with Gasteiger partial charge in [-0.2, -0.15) is 0 Å². The molecule has 0 aromatic heterocycles. The molecule has 2 unspecified atom stereocenters. The summed E-state index contributed by atoms with van der Waals surface area (Å²) in [5.41, 5.74) is 9.66. The van der Waals surface area contributed by atoms with Crippen LogP contribution in [0.3, 0.4) is 0 Å². The summed E-state index contributed by atoms with van der Waals surface area (Å²) in [5, 5.41) is 10.2. The van der Waals surface area contributed by atoms with E-state index >= 15 is 0 Å². The molecule has 0 amide bonds. The second kappa shape index (κ2) is 5.88. The molecule has 110 valence electrons. The Labute approximate surface area is 126 Å². The lowest BCUT2D eigenvalue weighted by atomic mass is 9.93. The highest BCUT2D eigenvalue weighted by Gasteiger charge is 2.32. The molecule has 3 heteroatoms. The lowest BCUT2D eigenvalue weighted by Gasteiger charge is -2.17. The summed E-state index contributed by atoms with van der Waals surface area (Å²) in [6.45, 7) is 4.66. The van der Waals surface area contributed by atoms with Crippen LogP contribution in [0, 0.1) is 6.92 Å². The fourth-order valence-electron chi connectivity index (χ4n) is 3.18. The van der Waals surface area contributed by atoms with Gasteiger partial charge in [0.05, 0.1) is 0 Å². The normalized spacial score (nSPS) is 22.6. The summed E-state index contributed by atoms with van der Waals surface area (Å²) < 4.78 is 0. The highest BCUT2D eigenvalue weighted by molar-refractivity contribution is 5.40. The number of aryl methyl sites for hydroxylation is 1. The first-order chi connectivity index (χ1) is 10.1. The maximum absolute atomic E-state index is 10.2. The van der Waals surface area contributed by atoms with Crippen LogP contribution in [0.5, 0.6) is 5.75 Å². The highest BCUT2D eigenvalue weighted by Crippen LogP contribution is 2.33. The average Bonchev–Trinajstić information content (AvgIpc) is 2.80. The number of nitrogens with zero attached hydrogens (tertiary/aromatic N) is 1. The molecule has 1 heterocycles. The first-order valence-corrected chi connectivity index (χ1v) is 7.45. The fraction of sp³-hybridized carbons (Fsp3) is 0.333. The summed E-state index contributed by atoms with van der Waals surface area (Å²) in [7, 11) is 0. The van der Waals surface area contributed by atoms with Gasteiger partial charge in [0.1, 0.15) is 5.75 Å². The summed E-state index contributed by atoms with van der Waals surface area (Å²) in [6.07, 6.45) is 0. The quantitative estimate of drug-likeness (QED) is 0.910. The van der Waals surface area contributed by atoms with Gasteiger partial charge in [0.25, 0.3) is 0 Å². The van der Waals surface area contributed by atoms with E-state index in [4.69, 9.17) is 5.73 Å². The maximum Gasteiger partial charge on any atom is 0.119 e. The average molecular weight is 282 g/mol. The van der Waals surface area contributed by atoms with Crippen molar-refractivity contribution in [2.24, 2.45) is 5.73 Å². The van der Waals surface area contributed by atoms with E-state index in [1.807, 2.05) is 31.2 Å². The number of benzene rings is 2. The molecule has 0 radical (unpaired) electrons. The van der Waals surface area contributed by atoms with Gasteiger partial charge >= 0.3 is 0 Å². The smallest absolute Gasteiger partial charge is 0.119 e.